The zero-order valence-electron chi connectivity index (χ0n) is 11.0. The van der Waals surface area contributed by atoms with Crippen molar-refractivity contribution in [1.82, 2.24) is 4.98 Å². The van der Waals surface area contributed by atoms with Gasteiger partial charge in [-0.15, -0.1) is 0 Å². The lowest BCUT2D eigenvalue weighted by molar-refractivity contribution is -0.384. The number of pyridine rings is 1. The van der Waals surface area contributed by atoms with Crippen LogP contribution in [0.25, 0.3) is 0 Å². The van der Waals surface area contributed by atoms with E-state index in [2.05, 4.69) is 17.3 Å². The molecule has 0 radical (unpaired) electrons. The number of anilines is 2. The smallest absolute Gasteiger partial charge is 0.311 e. The quantitative estimate of drug-likeness (QED) is 0.445. The Kier molecular flexibility index (Phi) is 4.16. The molecule has 1 fully saturated rings. The number of nitrogens with one attached hydrogen (secondary N) is 1. The summed E-state index contributed by atoms with van der Waals surface area (Å²) in [6.07, 6.45) is 4.19. The van der Waals surface area contributed by atoms with E-state index in [1.807, 2.05) is 4.90 Å². The third-order valence-corrected chi connectivity index (χ3v) is 3.21. The van der Waals surface area contributed by atoms with Crippen LogP contribution in [0.3, 0.4) is 0 Å². The van der Waals surface area contributed by atoms with Crippen molar-refractivity contribution in [2.24, 2.45) is 5.84 Å². The number of rotatable bonds is 7. The number of unbranched alkanes of at least 4 members (excludes halogenated alkanes) is 1. The first kappa shape index (κ1) is 13.5. The zero-order valence-corrected chi connectivity index (χ0v) is 11.0. The largest absolute Gasteiger partial charge is 0.348 e. The van der Waals surface area contributed by atoms with E-state index in [1.54, 1.807) is 0 Å². The van der Waals surface area contributed by atoms with Gasteiger partial charge in [-0.2, -0.15) is 0 Å². The van der Waals surface area contributed by atoms with Crippen molar-refractivity contribution in [3.63, 3.8) is 0 Å². The molecule has 19 heavy (non-hydrogen) atoms. The summed E-state index contributed by atoms with van der Waals surface area (Å²) >= 11 is 0. The van der Waals surface area contributed by atoms with Crippen LogP contribution < -0.4 is 16.2 Å². The van der Waals surface area contributed by atoms with Crippen molar-refractivity contribution in [2.45, 2.75) is 38.6 Å². The van der Waals surface area contributed by atoms with Crippen molar-refractivity contribution in [1.29, 1.82) is 0 Å². The van der Waals surface area contributed by atoms with Gasteiger partial charge in [-0.1, -0.05) is 13.3 Å². The molecule has 7 nitrogen and oxygen atoms in total. The van der Waals surface area contributed by atoms with Gasteiger partial charge in [-0.05, 0) is 25.3 Å². The van der Waals surface area contributed by atoms with Crippen LogP contribution >= 0.6 is 0 Å². The number of nitrogens with two attached hydrogens (primary N) is 1. The minimum Gasteiger partial charge on any atom is -0.348 e. The molecule has 1 aromatic rings. The van der Waals surface area contributed by atoms with Crippen molar-refractivity contribution in [3.8, 4) is 0 Å². The Bertz CT molecular complexity index is 461. The molecule has 0 amide bonds. The molecule has 1 saturated carbocycles. The third-order valence-electron chi connectivity index (χ3n) is 3.21. The predicted octanol–water partition coefficient (Wildman–Crippen LogP) is 2.04. The van der Waals surface area contributed by atoms with Crippen LogP contribution in [0.15, 0.2) is 12.1 Å². The van der Waals surface area contributed by atoms with Crippen LogP contribution in [0, 0.1) is 10.1 Å². The van der Waals surface area contributed by atoms with E-state index in [0.29, 0.717) is 17.7 Å². The number of hydrogen-bond acceptors (Lipinski definition) is 6. The minimum absolute atomic E-state index is 0.0435. The highest BCUT2D eigenvalue weighted by Crippen LogP contribution is 2.36. The summed E-state index contributed by atoms with van der Waals surface area (Å²) in [5.74, 6) is 6.21. The van der Waals surface area contributed by atoms with E-state index in [4.69, 9.17) is 5.84 Å². The summed E-state index contributed by atoms with van der Waals surface area (Å²) in [5.41, 5.74) is 2.49. The highest BCUT2D eigenvalue weighted by atomic mass is 16.6. The van der Waals surface area contributed by atoms with Gasteiger partial charge in [-0.25, -0.2) is 10.8 Å². The lowest BCUT2D eigenvalue weighted by Crippen LogP contribution is -2.29. The van der Waals surface area contributed by atoms with E-state index in [-0.39, 0.29) is 10.6 Å². The minimum atomic E-state index is -0.385. The van der Waals surface area contributed by atoms with Crippen LogP contribution in [-0.4, -0.2) is 22.5 Å². The molecule has 0 aliphatic heterocycles. The molecule has 0 spiro atoms. The SMILES string of the molecule is CCCCN(c1nc(NN)ccc1[N+](=O)[O-])C1CC1. The highest BCUT2D eigenvalue weighted by Gasteiger charge is 2.33. The van der Waals surface area contributed by atoms with Crippen LogP contribution in [0.5, 0.6) is 0 Å². The van der Waals surface area contributed by atoms with Gasteiger partial charge in [0.1, 0.15) is 5.82 Å². The molecule has 0 saturated heterocycles. The summed E-state index contributed by atoms with van der Waals surface area (Å²) in [7, 11) is 0. The Morgan fingerprint density at radius 3 is 2.84 bits per heavy atom. The van der Waals surface area contributed by atoms with E-state index < -0.39 is 0 Å². The number of hydrogen-bond donors (Lipinski definition) is 2. The molecule has 104 valence electrons. The van der Waals surface area contributed by atoms with E-state index in [0.717, 1.165) is 32.2 Å². The van der Waals surface area contributed by atoms with E-state index >= 15 is 0 Å². The zero-order chi connectivity index (χ0) is 13.8. The van der Waals surface area contributed by atoms with Crippen molar-refractivity contribution in [2.75, 3.05) is 16.9 Å². The molecular weight excluding hydrogens is 246 g/mol. The summed E-state index contributed by atoms with van der Waals surface area (Å²) < 4.78 is 0. The Labute approximate surface area is 111 Å². The fraction of sp³-hybridized carbons (Fsp3) is 0.583. The molecule has 1 aromatic heterocycles. The molecule has 1 aliphatic carbocycles. The lowest BCUT2D eigenvalue weighted by Gasteiger charge is -2.23. The molecule has 1 heterocycles. The monoisotopic (exact) mass is 265 g/mol. The first-order valence-electron chi connectivity index (χ1n) is 6.56. The Morgan fingerprint density at radius 2 is 2.32 bits per heavy atom. The number of nitrogen functional groups attached to an aromatic ring is 1. The maximum absolute atomic E-state index is 11.1. The topological polar surface area (TPSA) is 97.3 Å². The van der Waals surface area contributed by atoms with Crippen LogP contribution in [0.1, 0.15) is 32.6 Å². The number of nitrogens with zero attached hydrogens (tertiary/aromatic N) is 3. The van der Waals surface area contributed by atoms with Crippen LogP contribution in [-0.2, 0) is 0 Å². The van der Waals surface area contributed by atoms with Crippen LogP contribution in [0.4, 0.5) is 17.3 Å². The Morgan fingerprint density at radius 1 is 1.58 bits per heavy atom. The fourth-order valence-electron chi connectivity index (χ4n) is 2.05. The van der Waals surface area contributed by atoms with Crippen molar-refractivity contribution >= 4 is 17.3 Å². The lowest BCUT2D eigenvalue weighted by atomic mass is 10.2. The molecule has 7 heteroatoms. The van der Waals surface area contributed by atoms with Gasteiger partial charge in [0.2, 0.25) is 5.82 Å². The first-order chi connectivity index (χ1) is 9.17. The molecule has 0 atom stereocenters. The molecule has 3 N–H and O–H groups in total. The summed E-state index contributed by atoms with van der Waals surface area (Å²) in [5, 5.41) is 11.1. The molecule has 1 aliphatic rings. The molecule has 2 rings (SSSR count). The molecule has 0 unspecified atom stereocenters. The van der Waals surface area contributed by atoms with Gasteiger partial charge in [0.25, 0.3) is 0 Å². The summed E-state index contributed by atoms with van der Waals surface area (Å²) in [4.78, 5) is 17.1. The number of nitro groups is 1. The van der Waals surface area contributed by atoms with Gasteiger partial charge < -0.3 is 10.3 Å². The normalized spacial score (nSPS) is 14.2. The average Bonchev–Trinajstić information content (AvgIpc) is 3.23. The second kappa shape index (κ2) is 5.83. The molecule has 0 aromatic carbocycles. The summed E-state index contributed by atoms with van der Waals surface area (Å²) in [6.45, 7) is 2.90. The van der Waals surface area contributed by atoms with Crippen molar-refractivity contribution < 1.29 is 4.92 Å². The maximum Gasteiger partial charge on any atom is 0.311 e. The summed E-state index contributed by atoms with van der Waals surface area (Å²) in [6, 6.07) is 3.36. The van der Waals surface area contributed by atoms with Gasteiger partial charge in [0.15, 0.2) is 0 Å². The molecular formula is C12H19N5O2. The predicted molar refractivity (Wildman–Crippen MR) is 74.0 cm³/mol. The Hall–Kier alpha value is -1.89. The second-order valence-electron chi connectivity index (χ2n) is 4.72. The number of aromatic nitrogens is 1. The van der Waals surface area contributed by atoms with E-state index in [9.17, 15) is 10.1 Å². The highest BCUT2D eigenvalue weighted by molar-refractivity contribution is 5.62. The van der Waals surface area contributed by atoms with Gasteiger partial charge in [0.05, 0.1) is 4.92 Å². The van der Waals surface area contributed by atoms with E-state index in [1.165, 1.54) is 12.1 Å². The standard InChI is InChI=1S/C12H19N5O2/c1-2-3-8-16(9-4-5-9)12-10(17(18)19)6-7-11(14-12)15-13/h6-7,9H,2-5,8,13H2,1H3,(H,14,15). The Balaban J connectivity index is 2.34. The average molecular weight is 265 g/mol. The van der Waals surface area contributed by atoms with Gasteiger partial charge in [-0.3, -0.25) is 10.1 Å². The third kappa shape index (κ3) is 3.11. The maximum atomic E-state index is 11.1. The van der Waals surface area contributed by atoms with Crippen LogP contribution in [0.2, 0.25) is 0 Å². The van der Waals surface area contributed by atoms with Gasteiger partial charge in [0, 0.05) is 18.7 Å². The van der Waals surface area contributed by atoms with Crippen molar-refractivity contribution in [3.05, 3.63) is 22.2 Å². The second-order valence-corrected chi connectivity index (χ2v) is 4.72. The first-order valence-corrected chi connectivity index (χ1v) is 6.56. The van der Waals surface area contributed by atoms with Gasteiger partial charge >= 0.3 is 5.69 Å². The number of hydrazine groups is 1. The fourth-order valence-corrected chi connectivity index (χ4v) is 2.05. The molecule has 0 bridgehead atoms.